The Hall–Kier alpha value is -1.42. The van der Waals surface area contributed by atoms with E-state index in [-0.39, 0.29) is 5.69 Å². The molecule has 0 saturated heterocycles. The second-order valence-electron chi connectivity index (χ2n) is 3.39. The Bertz CT molecular complexity index is 549. The highest BCUT2D eigenvalue weighted by atomic mass is 35.5. The molecular weight excluding hydrogens is 239 g/mol. The maximum absolute atomic E-state index is 12.5. The van der Waals surface area contributed by atoms with Gasteiger partial charge < -0.3 is 5.73 Å². The van der Waals surface area contributed by atoms with Crippen molar-refractivity contribution in [2.45, 2.75) is 6.18 Å². The number of rotatable bonds is 0. The van der Waals surface area contributed by atoms with Crippen LogP contribution < -0.4 is 5.73 Å². The summed E-state index contributed by atoms with van der Waals surface area (Å²) in [6.45, 7) is 0. The highest BCUT2D eigenvalue weighted by molar-refractivity contribution is 6.31. The van der Waals surface area contributed by atoms with Gasteiger partial charge in [-0.15, -0.1) is 0 Å². The van der Waals surface area contributed by atoms with Gasteiger partial charge in [-0.25, -0.2) is 0 Å². The number of halogens is 4. The molecule has 0 atom stereocenters. The molecule has 0 bridgehead atoms. The van der Waals surface area contributed by atoms with Crippen LogP contribution in [0.25, 0.3) is 10.8 Å². The normalized spacial score (nSPS) is 12.0. The molecule has 0 fully saturated rings. The van der Waals surface area contributed by atoms with Gasteiger partial charge in [0, 0.05) is 10.4 Å². The molecule has 2 aromatic carbocycles. The van der Waals surface area contributed by atoms with E-state index >= 15 is 0 Å². The van der Waals surface area contributed by atoms with Gasteiger partial charge in [0.1, 0.15) is 0 Å². The predicted molar refractivity (Wildman–Crippen MR) is 58.4 cm³/mol. The van der Waals surface area contributed by atoms with Crippen LogP contribution in [0.5, 0.6) is 0 Å². The van der Waals surface area contributed by atoms with Gasteiger partial charge in [-0.2, -0.15) is 13.2 Å². The molecule has 84 valence electrons. The van der Waals surface area contributed by atoms with Crippen molar-refractivity contribution in [2.24, 2.45) is 0 Å². The quantitative estimate of drug-likeness (QED) is 0.695. The van der Waals surface area contributed by atoms with Gasteiger partial charge in [-0.1, -0.05) is 23.7 Å². The Kier molecular flexibility index (Phi) is 2.46. The zero-order valence-corrected chi connectivity index (χ0v) is 8.73. The van der Waals surface area contributed by atoms with E-state index in [1.54, 1.807) is 6.07 Å². The maximum atomic E-state index is 12.5. The van der Waals surface area contributed by atoms with Gasteiger partial charge in [-0.05, 0) is 23.6 Å². The Morgan fingerprint density at radius 3 is 2.38 bits per heavy atom. The monoisotopic (exact) mass is 245 g/mol. The molecule has 0 unspecified atom stereocenters. The van der Waals surface area contributed by atoms with Crippen LogP contribution in [0.15, 0.2) is 30.3 Å². The Labute approximate surface area is 94.6 Å². The van der Waals surface area contributed by atoms with E-state index in [0.29, 0.717) is 15.8 Å². The number of alkyl halides is 3. The van der Waals surface area contributed by atoms with E-state index in [1.807, 2.05) is 0 Å². The fourth-order valence-electron chi connectivity index (χ4n) is 1.57. The van der Waals surface area contributed by atoms with Crippen molar-refractivity contribution in [3.8, 4) is 0 Å². The van der Waals surface area contributed by atoms with Crippen LogP contribution in [0.4, 0.5) is 18.9 Å². The van der Waals surface area contributed by atoms with Crippen molar-refractivity contribution in [1.82, 2.24) is 0 Å². The van der Waals surface area contributed by atoms with Crippen LogP contribution in [-0.4, -0.2) is 0 Å². The molecule has 0 aliphatic rings. The average molecular weight is 246 g/mol. The number of hydrogen-bond acceptors (Lipinski definition) is 1. The first-order chi connectivity index (χ1) is 7.39. The first-order valence-corrected chi connectivity index (χ1v) is 4.82. The van der Waals surface area contributed by atoms with Gasteiger partial charge in [-0.3, -0.25) is 0 Å². The highest BCUT2D eigenvalue weighted by Gasteiger charge is 2.33. The number of nitrogen functional groups attached to an aromatic ring is 1. The third-order valence-corrected chi connectivity index (χ3v) is 2.56. The zero-order valence-electron chi connectivity index (χ0n) is 7.98. The molecule has 2 N–H and O–H groups in total. The minimum Gasteiger partial charge on any atom is -0.398 e. The fourth-order valence-corrected chi connectivity index (χ4v) is 1.75. The van der Waals surface area contributed by atoms with Crippen molar-refractivity contribution in [3.63, 3.8) is 0 Å². The van der Waals surface area contributed by atoms with E-state index in [2.05, 4.69) is 0 Å². The topological polar surface area (TPSA) is 26.0 Å². The highest BCUT2D eigenvalue weighted by Crippen LogP contribution is 2.37. The lowest BCUT2D eigenvalue weighted by Gasteiger charge is -2.12. The zero-order chi connectivity index (χ0) is 11.9. The van der Waals surface area contributed by atoms with Gasteiger partial charge in [0.05, 0.1) is 11.3 Å². The molecule has 0 aromatic heterocycles. The summed E-state index contributed by atoms with van der Waals surface area (Å²) in [5.74, 6) is 0. The Morgan fingerprint density at radius 2 is 1.75 bits per heavy atom. The Balaban J connectivity index is 2.75. The van der Waals surface area contributed by atoms with Crippen LogP contribution in [0, 0.1) is 0 Å². The summed E-state index contributed by atoms with van der Waals surface area (Å²) in [6.07, 6.45) is -4.43. The van der Waals surface area contributed by atoms with Crippen molar-refractivity contribution in [1.29, 1.82) is 0 Å². The minimum atomic E-state index is -4.43. The first kappa shape index (κ1) is 11.1. The maximum Gasteiger partial charge on any atom is 0.418 e. The lowest BCUT2D eigenvalue weighted by molar-refractivity contribution is -0.136. The third kappa shape index (κ3) is 1.80. The largest absolute Gasteiger partial charge is 0.418 e. The van der Waals surface area contributed by atoms with Crippen molar-refractivity contribution >= 4 is 28.1 Å². The first-order valence-electron chi connectivity index (χ1n) is 4.44. The smallest absolute Gasteiger partial charge is 0.398 e. The van der Waals surface area contributed by atoms with E-state index in [9.17, 15) is 13.2 Å². The molecular formula is C11H7ClF3N. The van der Waals surface area contributed by atoms with Crippen molar-refractivity contribution < 1.29 is 13.2 Å². The molecule has 0 radical (unpaired) electrons. The van der Waals surface area contributed by atoms with Crippen molar-refractivity contribution in [3.05, 3.63) is 40.9 Å². The molecule has 0 saturated carbocycles. The molecule has 1 nitrogen and oxygen atoms in total. The predicted octanol–water partition coefficient (Wildman–Crippen LogP) is 4.09. The summed E-state index contributed by atoms with van der Waals surface area (Å²) in [5, 5.41) is 1.42. The van der Waals surface area contributed by atoms with E-state index < -0.39 is 11.7 Å². The van der Waals surface area contributed by atoms with E-state index in [0.717, 1.165) is 6.07 Å². The summed E-state index contributed by atoms with van der Waals surface area (Å²) in [6, 6.07) is 6.91. The molecule has 16 heavy (non-hydrogen) atoms. The van der Waals surface area contributed by atoms with Gasteiger partial charge in [0.2, 0.25) is 0 Å². The van der Waals surface area contributed by atoms with Crippen LogP contribution in [0.2, 0.25) is 5.02 Å². The molecule has 5 heteroatoms. The molecule has 0 aliphatic heterocycles. The van der Waals surface area contributed by atoms with Crippen LogP contribution in [-0.2, 0) is 6.18 Å². The second kappa shape index (κ2) is 3.56. The lowest BCUT2D eigenvalue weighted by Crippen LogP contribution is -2.08. The van der Waals surface area contributed by atoms with E-state index in [4.69, 9.17) is 17.3 Å². The van der Waals surface area contributed by atoms with E-state index in [1.165, 1.54) is 18.2 Å². The summed E-state index contributed by atoms with van der Waals surface area (Å²) in [7, 11) is 0. The fraction of sp³-hybridized carbons (Fsp3) is 0.0909. The summed E-state index contributed by atoms with van der Waals surface area (Å²) >= 11 is 5.74. The Morgan fingerprint density at radius 1 is 1.06 bits per heavy atom. The summed E-state index contributed by atoms with van der Waals surface area (Å²) in [4.78, 5) is 0. The van der Waals surface area contributed by atoms with Gasteiger partial charge >= 0.3 is 6.18 Å². The number of fused-ring (bicyclic) bond motifs is 1. The number of nitrogens with two attached hydrogens (primary N) is 1. The number of hydrogen-bond donors (Lipinski definition) is 1. The van der Waals surface area contributed by atoms with Gasteiger partial charge in [0.15, 0.2) is 0 Å². The van der Waals surface area contributed by atoms with Gasteiger partial charge in [0.25, 0.3) is 0 Å². The number of anilines is 1. The third-order valence-electron chi connectivity index (χ3n) is 2.33. The lowest BCUT2D eigenvalue weighted by atomic mass is 10.0. The number of benzene rings is 2. The van der Waals surface area contributed by atoms with Crippen LogP contribution >= 0.6 is 11.6 Å². The minimum absolute atomic E-state index is 0.262. The van der Waals surface area contributed by atoms with Crippen LogP contribution in [0.3, 0.4) is 0 Å². The molecule has 0 heterocycles. The molecule has 0 spiro atoms. The average Bonchev–Trinajstić information content (AvgIpc) is 2.15. The molecule has 2 rings (SSSR count). The molecule has 0 aliphatic carbocycles. The second-order valence-corrected chi connectivity index (χ2v) is 3.83. The molecule has 2 aromatic rings. The van der Waals surface area contributed by atoms with Crippen LogP contribution in [0.1, 0.15) is 5.56 Å². The standard InChI is InChI=1S/C11H7ClF3N/c12-7-2-3-8-6(5-7)1-4-9(10(8)16)11(13,14)15/h1-5H,16H2. The SMILES string of the molecule is Nc1c(C(F)(F)F)ccc2cc(Cl)ccc12. The summed E-state index contributed by atoms with van der Waals surface area (Å²) in [5.41, 5.74) is 4.41. The molecule has 0 amide bonds. The summed E-state index contributed by atoms with van der Waals surface area (Å²) < 4.78 is 37.6. The van der Waals surface area contributed by atoms with Crippen molar-refractivity contribution in [2.75, 3.05) is 5.73 Å².